The highest BCUT2D eigenvalue weighted by atomic mass is 16.3. The molecule has 1 amide bonds. The first-order valence-corrected chi connectivity index (χ1v) is 6.60. The van der Waals surface area contributed by atoms with Crippen molar-refractivity contribution in [1.29, 1.82) is 0 Å². The zero-order valence-electron chi connectivity index (χ0n) is 10.4. The molecule has 3 N–H and O–H groups in total. The minimum Gasteiger partial charge on any atom is -0.397 e. The molecule has 18 heavy (non-hydrogen) atoms. The van der Waals surface area contributed by atoms with Crippen LogP contribution in [0.2, 0.25) is 0 Å². The molecule has 98 valence electrons. The highest BCUT2D eigenvalue weighted by molar-refractivity contribution is 5.94. The third kappa shape index (κ3) is 2.10. The quantitative estimate of drug-likeness (QED) is 0.821. The monoisotopic (exact) mass is 249 g/mol. The molecular weight excluding hydrogens is 230 g/mol. The molecule has 0 spiro atoms. The topological polar surface area (TPSA) is 71.5 Å². The standard InChI is InChI=1S/C13H19N3O2/c14-9-7-12(16(8-9)10-1-2-10)13(18)15-5-3-11(17)4-6-15/h7-8,10-11,17H,1-6,14H2. The van der Waals surface area contributed by atoms with Crippen LogP contribution in [0.5, 0.6) is 0 Å². The summed E-state index contributed by atoms with van der Waals surface area (Å²) in [4.78, 5) is 14.3. The molecule has 2 aliphatic rings. The Morgan fingerprint density at radius 2 is 1.94 bits per heavy atom. The molecular formula is C13H19N3O2. The van der Waals surface area contributed by atoms with Crippen LogP contribution in [0.3, 0.4) is 0 Å². The van der Waals surface area contributed by atoms with Gasteiger partial charge in [-0.2, -0.15) is 0 Å². The van der Waals surface area contributed by atoms with E-state index in [1.54, 1.807) is 6.07 Å². The van der Waals surface area contributed by atoms with Crippen molar-refractivity contribution < 1.29 is 9.90 Å². The number of aliphatic hydroxyl groups excluding tert-OH is 1. The minimum atomic E-state index is -0.255. The molecule has 1 aromatic rings. The summed E-state index contributed by atoms with van der Waals surface area (Å²) in [6, 6.07) is 2.22. The van der Waals surface area contributed by atoms with Crippen molar-refractivity contribution in [3.05, 3.63) is 18.0 Å². The Morgan fingerprint density at radius 1 is 1.28 bits per heavy atom. The van der Waals surface area contributed by atoms with E-state index in [2.05, 4.69) is 0 Å². The summed E-state index contributed by atoms with van der Waals surface area (Å²) in [6.45, 7) is 1.27. The first-order valence-electron chi connectivity index (χ1n) is 6.60. The van der Waals surface area contributed by atoms with Gasteiger partial charge in [0.1, 0.15) is 5.69 Å². The molecule has 0 bridgehead atoms. The van der Waals surface area contributed by atoms with Crippen molar-refractivity contribution in [1.82, 2.24) is 9.47 Å². The molecule has 3 rings (SSSR count). The lowest BCUT2D eigenvalue weighted by atomic mass is 10.1. The Morgan fingerprint density at radius 3 is 2.56 bits per heavy atom. The zero-order chi connectivity index (χ0) is 12.7. The van der Waals surface area contributed by atoms with Crippen molar-refractivity contribution in [2.75, 3.05) is 18.8 Å². The van der Waals surface area contributed by atoms with Gasteiger partial charge in [0.15, 0.2) is 0 Å². The number of hydrogen-bond acceptors (Lipinski definition) is 3. The van der Waals surface area contributed by atoms with Crippen LogP contribution in [0.25, 0.3) is 0 Å². The molecule has 1 aliphatic carbocycles. The van der Waals surface area contributed by atoms with Gasteiger partial charge in [-0.15, -0.1) is 0 Å². The van der Waals surface area contributed by atoms with Gasteiger partial charge in [0.2, 0.25) is 0 Å². The van der Waals surface area contributed by atoms with Gasteiger partial charge in [0, 0.05) is 25.3 Å². The van der Waals surface area contributed by atoms with Crippen molar-refractivity contribution in [2.45, 2.75) is 37.8 Å². The predicted molar refractivity (Wildman–Crippen MR) is 68.3 cm³/mol. The van der Waals surface area contributed by atoms with Gasteiger partial charge in [-0.05, 0) is 31.7 Å². The molecule has 2 heterocycles. The Balaban J connectivity index is 1.79. The van der Waals surface area contributed by atoms with Gasteiger partial charge >= 0.3 is 0 Å². The number of likely N-dealkylation sites (tertiary alicyclic amines) is 1. The van der Waals surface area contributed by atoms with E-state index in [4.69, 9.17) is 5.73 Å². The lowest BCUT2D eigenvalue weighted by Crippen LogP contribution is -2.40. The van der Waals surface area contributed by atoms with Gasteiger partial charge in [0.05, 0.1) is 11.8 Å². The highest BCUT2D eigenvalue weighted by Gasteiger charge is 2.30. The Bertz CT molecular complexity index is 457. The molecule has 0 radical (unpaired) electrons. The van der Waals surface area contributed by atoms with Crippen LogP contribution in [-0.2, 0) is 0 Å². The minimum absolute atomic E-state index is 0.0468. The molecule has 1 aromatic heterocycles. The lowest BCUT2D eigenvalue weighted by Gasteiger charge is -2.29. The number of aliphatic hydroxyl groups is 1. The number of amides is 1. The maximum Gasteiger partial charge on any atom is 0.270 e. The second-order valence-electron chi connectivity index (χ2n) is 5.32. The number of aromatic nitrogens is 1. The molecule has 0 atom stereocenters. The average Bonchev–Trinajstić information content (AvgIpc) is 3.13. The lowest BCUT2D eigenvalue weighted by molar-refractivity contribution is 0.0537. The van der Waals surface area contributed by atoms with Crippen LogP contribution in [0.15, 0.2) is 12.3 Å². The summed E-state index contributed by atoms with van der Waals surface area (Å²) in [7, 11) is 0. The second-order valence-corrected chi connectivity index (χ2v) is 5.32. The van der Waals surface area contributed by atoms with Crippen LogP contribution in [-0.4, -0.2) is 39.7 Å². The van der Waals surface area contributed by atoms with Crippen LogP contribution < -0.4 is 5.73 Å². The third-order valence-electron chi connectivity index (χ3n) is 3.78. The maximum atomic E-state index is 12.4. The van der Waals surface area contributed by atoms with Gasteiger partial charge < -0.3 is 20.3 Å². The number of carbonyl (C=O) groups is 1. The van der Waals surface area contributed by atoms with Crippen molar-refractivity contribution in [3.8, 4) is 0 Å². The van der Waals surface area contributed by atoms with Gasteiger partial charge in [-0.3, -0.25) is 4.79 Å². The van der Waals surface area contributed by atoms with E-state index in [9.17, 15) is 9.90 Å². The van der Waals surface area contributed by atoms with E-state index in [0.717, 1.165) is 12.8 Å². The summed E-state index contributed by atoms with van der Waals surface area (Å²) >= 11 is 0. The third-order valence-corrected chi connectivity index (χ3v) is 3.78. The molecule has 5 heteroatoms. The summed E-state index contributed by atoms with van der Waals surface area (Å²) in [5.41, 5.74) is 7.16. The summed E-state index contributed by atoms with van der Waals surface area (Å²) in [6.07, 6.45) is 5.22. The smallest absolute Gasteiger partial charge is 0.270 e. The molecule has 1 saturated heterocycles. The second kappa shape index (κ2) is 4.31. The van der Waals surface area contributed by atoms with E-state index < -0.39 is 0 Å². The van der Waals surface area contributed by atoms with Gasteiger partial charge in [-0.1, -0.05) is 0 Å². The number of nitrogen functional groups attached to an aromatic ring is 1. The van der Waals surface area contributed by atoms with Crippen molar-refractivity contribution >= 4 is 11.6 Å². The normalized spacial score (nSPS) is 21.3. The fourth-order valence-electron chi connectivity index (χ4n) is 2.56. The summed E-state index contributed by atoms with van der Waals surface area (Å²) in [5, 5.41) is 9.47. The Labute approximate surface area is 106 Å². The number of rotatable bonds is 2. The molecule has 1 saturated carbocycles. The summed E-state index contributed by atoms with van der Waals surface area (Å²) in [5.74, 6) is 0.0468. The number of nitrogens with two attached hydrogens (primary N) is 1. The summed E-state index contributed by atoms with van der Waals surface area (Å²) < 4.78 is 2.02. The number of nitrogens with zero attached hydrogens (tertiary/aromatic N) is 2. The van der Waals surface area contributed by atoms with Crippen LogP contribution in [0.4, 0.5) is 5.69 Å². The predicted octanol–water partition coefficient (Wildman–Crippen LogP) is 1.00. The molecule has 0 aromatic carbocycles. The molecule has 1 aliphatic heterocycles. The maximum absolute atomic E-state index is 12.4. The molecule has 0 unspecified atom stereocenters. The SMILES string of the molecule is Nc1cc(C(=O)N2CCC(O)CC2)n(C2CC2)c1. The van der Waals surface area contributed by atoms with E-state index in [0.29, 0.717) is 43.4 Å². The van der Waals surface area contributed by atoms with E-state index in [-0.39, 0.29) is 12.0 Å². The Kier molecular flexibility index (Phi) is 2.78. The zero-order valence-corrected chi connectivity index (χ0v) is 10.4. The van der Waals surface area contributed by atoms with Gasteiger partial charge in [-0.25, -0.2) is 0 Å². The van der Waals surface area contributed by atoms with Crippen LogP contribution >= 0.6 is 0 Å². The number of piperidine rings is 1. The van der Waals surface area contributed by atoms with Crippen molar-refractivity contribution in [2.24, 2.45) is 0 Å². The highest BCUT2D eigenvalue weighted by Crippen LogP contribution is 2.37. The van der Waals surface area contributed by atoms with E-state index in [1.165, 1.54) is 0 Å². The molecule has 5 nitrogen and oxygen atoms in total. The largest absolute Gasteiger partial charge is 0.397 e. The number of carbonyl (C=O) groups excluding carboxylic acids is 1. The Hall–Kier alpha value is -1.49. The van der Waals surface area contributed by atoms with Crippen LogP contribution in [0.1, 0.15) is 42.2 Å². The van der Waals surface area contributed by atoms with Crippen molar-refractivity contribution in [3.63, 3.8) is 0 Å². The average molecular weight is 249 g/mol. The molecule has 2 fully saturated rings. The number of anilines is 1. The first kappa shape index (κ1) is 11.6. The van der Waals surface area contributed by atoms with E-state index >= 15 is 0 Å². The van der Waals surface area contributed by atoms with Gasteiger partial charge in [0.25, 0.3) is 5.91 Å². The number of hydrogen-bond donors (Lipinski definition) is 2. The first-order chi connectivity index (χ1) is 8.65. The van der Waals surface area contributed by atoms with Crippen LogP contribution in [0, 0.1) is 0 Å². The fourth-order valence-corrected chi connectivity index (χ4v) is 2.56. The fraction of sp³-hybridized carbons (Fsp3) is 0.615. The van der Waals surface area contributed by atoms with E-state index in [1.807, 2.05) is 15.7 Å².